The summed E-state index contributed by atoms with van der Waals surface area (Å²) in [6.45, 7) is 0.408. The highest BCUT2D eigenvalue weighted by Crippen LogP contribution is 2.12. The number of halogens is 1. The van der Waals surface area contributed by atoms with E-state index in [4.69, 9.17) is 0 Å². The van der Waals surface area contributed by atoms with Gasteiger partial charge in [-0.2, -0.15) is 5.10 Å². The summed E-state index contributed by atoms with van der Waals surface area (Å²) in [5.74, 6) is -0.148. The van der Waals surface area contributed by atoms with Crippen molar-refractivity contribution in [1.82, 2.24) is 28.5 Å². The fraction of sp³-hybridized carbons (Fsp3) is 0.143. The number of nitrogens with zero attached hydrogens (tertiary/aromatic N) is 6. The third kappa shape index (κ3) is 2.91. The van der Waals surface area contributed by atoms with E-state index in [2.05, 4.69) is 10.2 Å². The Hall–Kier alpha value is -4.01. The summed E-state index contributed by atoms with van der Waals surface area (Å²) in [5, 5.41) is 8.70. The molecule has 0 saturated carbocycles. The zero-order valence-corrected chi connectivity index (χ0v) is 16.1. The van der Waals surface area contributed by atoms with Gasteiger partial charge < -0.3 is 0 Å². The van der Waals surface area contributed by atoms with Gasteiger partial charge in [0, 0.05) is 13.2 Å². The van der Waals surface area contributed by atoms with Crippen molar-refractivity contribution >= 4 is 16.8 Å². The van der Waals surface area contributed by atoms with E-state index in [0.717, 1.165) is 5.56 Å². The van der Waals surface area contributed by atoms with Crippen LogP contribution in [0.1, 0.15) is 11.1 Å². The molecule has 0 atom stereocenters. The van der Waals surface area contributed by atoms with Crippen LogP contribution in [-0.4, -0.2) is 28.5 Å². The van der Waals surface area contributed by atoms with E-state index in [0.29, 0.717) is 11.1 Å². The zero-order valence-electron chi connectivity index (χ0n) is 16.1. The van der Waals surface area contributed by atoms with Gasteiger partial charge in [0.15, 0.2) is 5.52 Å². The maximum Gasteiger partial charge on any atom is 0.352 e. The first kappa shape index (κ1) is 18.0. The lowest BCUT2D eigenvalue weighted by Crippen LogP contribution is -2.26. The van der Waals surface area contributed by atoms with Gasteiger partial charge in [0.05, 0.1) is 13.1 Å². The first-order valence-corrected chi connectivity index (χ1v) is 9.35. The summed E-state index contributed by atoms with van der Waals surface area (Å²) < 4.78 is 18.9. The third-order valence-corrected chi connectivity index (χ3v) is 4.99. The Kier molecular flexibility index (Phi) is 4.09. The molecule has 8 nitrogen and oxygen atoms in total. The number of hydrogen-bond donors (Lipinski definition) is 0. The van der Waals surface area contributed by atoms with E-state index in [-0.39, 0.29) is 41.5 Å². The molecule has 150 valence electrons. The van der Waals surface area contributed by atoms with Crippen molar-refractivity contribution in [3.8, 4) is 0 Å². The number of rotatable bonds is 4. The molecule has 0 unspecified atom stereocenters. The molecular formula is C21H17FN6O2. The average Bonchev–Trinajstić information content (AvgIpc) is 3.28. The Morgan fingerprint density at radius 2 is 1.60 bits per heavy atom. The molecule has 0 bridgehead atoms. The topological polar surface area (TPSA) is 79.1 Å². The molecule has 3 aromatic heterocycles. The quantitative estimate of drug-likeness (QED) is 0.457. The van der Waals surface area contributed by atoms with Crippen LogP contribution in [0.3, 0.4) is 0 Å². The van der Waals surface area contributed by atoms with Gasteiger partial charge in [-0.1, -0.05) is 42.5 Å². The highest BCUT2D eigenvalue weighted by Gasteiger charge is 2.20. The minimum absolute atomic E-state index is 0.136. The van der Waals surface area contributed by atoms with Gasteiger partial charge in [0.25, 0.3) is 5.56 Å². The Morgan fingerprint density at radius 1 is 0.900 bits per heavy atom. The fourth-order valence-corrected chi connectivity index (χ4v) is 3.57. The number of fused-ring (bicyclic) bond motifs is 3. The largest absolute Gasteiger partial charge is 0.352 e. The van der Waals surface area contributed by atoms with Crippen LogP contribution >= 0.6 is 0 Å². The van der Waals surface area contributed by atoms with Crippen LogP contribution in [0, 0.1) is 5.82 Å². The monoisotopic (exact) mass is 404 g/mol. The van der Waals surface area contributed by atoms with Gasteiger partial charge >= 0.3 is 5.69 Å². The summed E-state index contributed by atoms with van der Waals surface area (Å²) >= 11 is 0. The van der Waals surface area contributed by atoms with Crippen LogP contribution in [0.25, 0.3) is 16.8 Å². The molecule has 5 rings (SSSR count). The molecule has 9 heteroatoms. The van der Waals surface area contributed by atoms with Crippen molar-refractivity contribution in [3.63, 3.8) is 0 Å². The normalized spacial score (nSPS) is 11.5. The predicted molar refractivity (Wildman–Crippen MR) is 109 cm³/mol. The molecule has 0 amide bonds. The Bertz CT molecular complexity index is 1490. The third-order valence-electron chi connectivity index (χ3n) is 4.99. The van der Waals surface area contributed by atoms with E-state index in [1.54, 1.807) is 25.4 Å². The molecule has 5 aromatic rings. The number of aryl methyl sites for hydroxylation is 1. The molecule has 0 spiro atoms. The summed E-state index contributed by atoms with van der Waals surface area (Å²) in [6.07, 6.45) is 1.63. The molecule has 0 aliphatic carbocycles. The average molecular weight is 404 g/mol. The molecular weight excluding hydrogens is 387 g/mol. The second kappa shape index (κ2) is 6.80. The lowest BCUT2D eigenvalue weighted by atomic mass is 10.2. The molecule has 30 heavy (non-hydrogen) atoms. The van der Waals surface area contributed by atoms with Crippen LogP contribution in [0.5, 0.6) is 0 Å². The minimum Gasteiger partial charge on any atom is -0.273 e. The minimum atomic E-state index is -0.362. The standard InChI is InChI=1S/C21H17FN6O2/c1-25-13-17-18(23-25)19(29)26(11-15-7-9-16(22)10-8-15)20-24-27(21(30)28(17)20)12-14-5-3-2-4-6-14/h2-10,13H,11-12H2,1H3. The summed E-state index contributed by atoms with van der Waals surface area (Å²) in [5.41, 5.74) is 1.48. The van der Waals surface area contributed by atoms with Crippen LogP contribution in [0.2, 0.25) is 0 Å². The highest BCUT2D eigenvalue weighted by molar-refractivity contribution is 5.75. The number of benzene rings is 2. The van der Waals surface area contributed by atoms with E-state index in [1.807, 2.05) is 30.3 Å². The summed E-state index contributed by atoms with van der Waals surface area (Å²) in [6, 6.07) is 15.3. The zero-order chi connectivity index (χ0) is 20.8. The van der Waals surface area contributed by atoms with Crippen molar-refractivity contribution in [2.75, 3.05) is 0 Å². The van der Waals surface area contributed by atoms with Crippen molar-refractivity contribution < 1.29 is 4.39 Å². The van der Waals surface area contributed by atoms with Gasteiger partial charge in [-0.25, -0.2) is 18.3 Å². The number of hydrogen-bond acceptors (Lipinski definition) is 4. The van der Waals surface area contributed by atoms with Gasteiger partial charge in [-0.05, 0) is 23.3 Å². The first-order chi connectivity index (χ1) is 14.5. The maximum atomic E-state index is 13.3. The molecule has 3 heterocycles. The predicted octanol–water partition coefficient (Wildman–Crippen LogP) is 1.78. The Labute approximate surface area is 169 Å². The lowest BCUT2D eigenvalue weighted by molar-refractivity contribution is 0.626. The molecule has 2 aromatic carbocycles. The molecule has 0 aliphatic rings. The molecule has 0 fully saturated rings. The molecule has 0 saturated heterocycles. The van der Waals surface area contributed by atoms with E-state index in [1.165, 1.54) is 30.5 Å². The first-order valence-electron chi connectivity index (χ1n) is 9.35. The molecule has 0 aliphatic heterocycles. The Balaban J connectivity index is 1.76. The van der Waals surface area contributed by atoms with Gasteiger partial charge in [0.2, 0.25) is 5.78 Å². The second-order valence-corrected chi connectivity index (χ2v) is 7.12. The fourth-order valence-electron chi connectivity index (χ4n) is 3.57. The molecule has 0 N–H and O–H groups in total. The maximum absolute atomic E-state index is 13.3. The second-order valence-electron chi connectivity index (χ2n) is 7.12. The Morgan fingerprint density at radius 3 is 2.33 bits per heavy atom. The van der Waals surface area contributed by atoms with Gasteiger partial charge in [-0.3, -0.25) is 14.0 Å². The van der Waals surface area contributed by atoms with Crippen molar-refractivity contribution in [1.29, 1.82) is 0 Å². The van der Waals surface area contributed by atoms with Crippen molar-refractivity contribution in [3.05, 3.63) is 98.6 Å². The van der Waals surface area contributed by atoms with Crippen molar-refractivity contribution in [2.24, 2.45) is 7.05 Å². The van der Waals surface area contributed by atoms with Crippen LogP contribution in [-0.2, 0) is 20.1 Å². The van der Waals surface area contributed by atoms with Gasteiger partial charge in [0.1, 0.15) is 11.3 Å². The van der Waals surface area contributed by atoms with Gasteiger partial charge in [-0.15, -0.1) is 5.10 Å². The van der Waals surface area contributed by atoms with E-state index < -0.39 is 0 Å². The van der Waals surface area contributed by atoms with Crippen LogP contribution in [0.15, 0.2) is 70.4 Å². The van der Waals surface area contributed by atoms with E-state index >= 15 is 0 Å². The molecule has 0 radical (unpaired) electrons. The SMILES string of the molecule is Cn1cc2c(n1)c(=O)n(Cc1ccc(F)cc1)c1nn(Cc3ccccc3)c(=O)n21. The highest BCUT2D eigenvalue weighted by atomic mass is 19.1. The van der Waals surface area contributed by atoms with Crippen LogP contribution in [0.4, 0.5) is 4.39 Å². The van der Waals surface area contributed by atoms with E-state index in [9.17, 15) is 14.0 Å². The number of aromatic nitrogens is 6. The lowest BCUT2D eigenvalue weighted by Gasteiger charge is -2.07. The summed E-state index contributed by atoms with van der Waals surface area (Å²) in [4.78, 5) is 26.3. The van der Waals surface area contributed by atoms with Crippen LogP contribution < -0.4 is 11.2 Å². The smallest absolute Gasteiger partial charge is 0.273 e. The van der Waals surface area contributed by atoms with Crippen molar-refractivity contribution in [2.45, 2.75) is 13.1 Å². The summed E-state index contributed by atoms with van der Waals surface area (Å²) in [7, 11) is 1.69.